The molecule has 2 rings (SSSR count). The third kappa shape index (κ3) is 1.18. The van der Waals surface area contributed by atoms with Crippen molar-refractivity contribution < 1.29 is 14.3 Å². The molecule has 0 atom stereocenters. The molecular weight excluding hydrogens is 174 g/mol. The summed E-state index contributed by atoms with van der Waals surface area (Å²) >= 11 is 0. The van der Waals surface area contributed by atoms with Crippen LogP contribution in [0.1, 0.15) is 10.5 Å². The zero-order chi connectivity index (χ0) is 9.26. The molecule has 0 fully saturated rings. The van der Waals surface area contributed by atoms with Crippen molar-refractivity contribution in [3.05, 3.63) is 24.6 Å². The average molecular weight is 179 g/mol. The summed E-state index contributed by atoms with van der Waals surface area (Å²) in [4.78, 5) is 20.6. The van der Waals surface area contributed by atoms with Crippen LogP contribution >= 0.6 is 0 Å². The van der Waals surface area contributed by atoms with E-state index in [4.69, 9.17) is 9.52 Å². The van der Waals surface area contributed by atoms with Gasteiger partial charge in [-0.25, -0.2) is 14.8 Å². The lowest BCUT2D eigenvalue weighted by Gasteiger charge is -1.91. The number of nitrogens with one attached hydrogen (secondary N) is 1. The fourth-order valence-corrected chi connectivity index (χ4v) is 0.984. The van der Waals surface area contributed by atoms with Crippen molar-refractivity contribution in [3.8, 4) is 11.5 Å². The van der Waals surface area contributed by atoms with E-state index in [0.717, 1.165) is 0 Å². The van der Waals surface area contributed by atoms with Gasteiger partial charge in [-0.15, -0.1) is 0 Å². The van der Waals surface area contributed by atoms with Crippen molar-refractivity contribution in [1.29, 1.82) is 0 Å². The van der Waals surface area contributed by atoms with Crippen LogP contribution in [0, 0.1) is 0 Å². The number of aromatic nitrogens is 3. The average Bonchev–Trinajstić information content (AvgIpc) is 2.74. The molecule has 0 aromatic carbocycles. The Hall–Kier alpha value is -2.11. The van der Waals surface area contributed by atoms with Crippen LogP contribution in [0.15, 0.2) is 23.3 Å². The number of nitrogens with zero attached hydrogens (tertiary/aromatic N) is 2. The molecule has 0 aliphatic rings. The molecule has 0 amide bonds. The van der Waals surface area contributed by atoms with E-state index < -0.39 is 5.97 Å². The van der Waals surface area contributed by atoms with Crippen molar-refractivity contribution >= 4 is 5.97 Å². The van der Waals surface area contributed by atoms with E-state index in [9.17, 15) is 4.79 Å². The van der Waals surface area contributed by atoms with Gasteiger partial charge in [0.1, 0.15) is 5.69 Å². The summed E-state index contributed by atoms with van der Waals surface area (Å²) in [5.41, 5.74) is 0.252. The number of aromatic amines is 1. The van der Waals surface area contributed by atoms with Gasteiger partial charge in [-0.05, 0) is 0 Å². The van der Waals surface area contributed by atoms with Gasteiger partial charge in [0.25, 0.3) is 0 Å². The van der Waals surface area contributed by atoms with Crippen LogP contribution in [-0.4, -0.2) is 26.0 Å². The highest BCUT2D eigenvalue weighted by Crippen LogP contribution is 2.18. The molecule has 0 radical (unpaired) electrons. The maximum absolute atomic E-state index is 10.6. The second-order valence-corrected chi connectivity index (χ2v) is 2.30. The molecule has 2 heterocycles. The predicted molar refractivity (Wildman–Crippen MR) is 41.0 cm³/mol. The van der Waals surface area contributed by atoms with Gasteiger partial charge in [0, 0.05) is 0 Å². The maximum atomic E-state index is 10.6. The largest absolute Gasteiger partial charge is 0.476 e. The summed E-state index contributed by atoms with van der Waals surface area (Å²) in [7, 11) is 0. The van der Waals surface area contributed by atoms with Crippen molar-refractivity contribution in [1.82, 2.24) is 15.0 Å². The second kappa shape index (κ2) is 2.74. The third-order valence-electron chi connectivity index (χ3n) is 1.52. The number of imidazole rings is 1. The highest BCUT2D eigenvalue weighted by Gasteiger charge is 2.16. The molecular formula is C7H5N3O3. The summed E-state index contributed by atoms with van der Waals surface area (Å²) in [5.74, 6) is -0.748. The summed E-state index contributed by atoms with van der Waals surface area (Å²) < 4.78 is 4.92. The Labute approximate surface area is 72.3 Å². The Morgan fingerprint density at radius 1 is 1.62 bits per heavy atom. The highest BCUT2D eigenvalue weighted by molar-refractivity contribution is 5.91. The lowest BCUT2D eigenvalue weighted by molar-refractivity contribution is 0.0692. The molecule has 66 valence electrons. The van der Waals surface area contributed by atoms with Gasteiger partial charge in [-0.2, -0.15) is 0 Å². The number of aromatic carboxylic acids is 1. The number of rotatable bonds is 2. The number of hydrogen-bond donors (Lipinski definition) is 2. The van der Waals surface area contributed by atoms with Crippen LogP contribution in [0.5, 0.6) is 0 Å². The van der Waals surface area contributed by atoms with Crippen molar-refractivity contribution in [2.24, 2.45) is 0 Å². The first kappa shape index (κ1) is 7.53. The molecule has 2 aromatic heterocycles. The number of hydrogen-bond acceptors (Lipinski definition) is 4. The first-order valence-corrected chi connectivity index (χ1v) is 3.44. The molecule has 2 aromatic rings. The third-order valence-corrected chi connectivity index (χ3v) is 1.52. The fraction of sp³-hybridized carbons (Fsp3) is 0. The minimum atomic E-state index is -1.10. The van der Waals surface area contributed by atoms with Crippen molar-refractivity contribution in [3.63, 3.8) is 0 Å². The van der Waals surface area contributed by atoms with E-state index >= 15 is 0 Å². The smallest absolute Gasteiger partial charge is 0.356 e. The van der Waals surface area contributed by atoms with E-state index in [1.165, 1.54) is 18.9 Å². The van der Waals surface area contributed by atoms with Crippen LogP contribution in [0.4, 0.5) is 0 Å². The minimum absolute atomic E-state index is 0.0725. The molecule has 0 unspecified atom stereocenters. The first-order chi connectivity index (χ1) is 6.29. The molecule has 0 saturated heterocycles. The van der Waals surface area contributed by atoms with Crippen LogP contribution in [0.3, 0.4) is 0 Å². The zero-order valence-corrected chi connectivity index (χ0v) is 6.39. The van der Waals surface area contributed by atoms with Gasteiger partial charge >= 0.3 is 5.97 Å². The number of H-pyrrole nitrogens is 1. The van der Waals surface area contributed by atoms with Crippen LogP contribution < -0.4 is 0 Å². The summed E-state index contributed by atoms with van der Waals surface area (Å²) in [5, 5.41) is 8.71. The number of carboxylic acids is 1. The molecule has 0 aliphatic heterocycles. The Balaban J connectivity index is 2.52. The molecule has 0 bridgehead atoms. The predicted octanol–water partition coefficient (Wildman–Crippen LogP) is 0.763. The Bertz CT molecular complexity index is 418. The SMILES string of the molecule is O=C(O)c1nc[nH]c1-c1cnco1. The topological polar surface area (TPSA) is 92.0 Å². The molecule has 0 spiro atoms. The minimum Gasteiger partial charge on any atom is -0.476 e. The Kier molecular flexibility index (Phi) is 1.59. The quantitative estimate of drug-likeness (QED) is 0.710. The van der Waals surface area contributed by atoms with Gasteiger partial charge in [0.15, 0.2) is 17.8 Å². The van der Waals surface area contributed by atoms with Crippen LogP contribution in [0.25, 0.3) is 11.5 Å². The van der Waals surface area contributed by atoms with E-state index in [0.29, 0.717) is 11.5 Å². The number of oxazole rings is 1. The number of carboxylic acid groups (broad SMARTS) is 1. The number of carbonyl (C=O) groups is 1. The Morgan fingerprint density at radius 2 is 2.46 bits per heavy atom. The van der Waals surface area contributed by atoms with Crippen molar-refractivity contribution in [2.75, 3.05) is 0 Å². The summed E-state index contributed by atoms with van der Waals surface area (Å²) in [6.45, 7) is 0. The molecule has 6 heteroatoms. The first-order valence-electron chi connectivity index (χ1n) is 3.44. The molecule has 6 nitrogen and oxygen atoms in total. The van der Waals surface area contributed by atoms with Gasteiger partial charge in [0.05, 0.1) is 12.5 Å². The maximum Gasteiger partial charge on any atom is 0.356 e. The van der Waals surface area contributed by atoms with Gasteiger partial charge in [-0.1, -0.05) is 0 Å². The highest BCUT2D eigenvalue weighted by atomic mass is 16.4. The van der Waals surface area contributed by atoms with Crippen LogP contribution in [-0.2, 0) is 0 Å². The fourth-order valence-electron chi connectivity index (χ4n) is 0.984. The normalized spacial score (nSPS) is 10.2. The van der Waals surface area contributed by atoms with Gasteiger partial charge in [0.2, 0.25) is 0 Å². The molecule has 0 saturated carbocycles. The zero-order valence-electron chi connectivity index (χ0n) is 6.39. The second-order valence-electron chi connectivity index (χ2n) is 2.30. The van der Waals surface area contributed by atoms with Crippen LogP contribution in [0.2, 0.25) is 0 Å². The van der Waals surface area contributed by atoms with Gasteiger partial charge in [-0.3, -0.25) is 0 Å². The molecule has 2 N–H and O–H groups in total. The van der Waals surface area contributed by atoms with E-state index in [1.54, 1.807) is 0 Å². The summed E-state index contributed by atoms with van der Waals surface area (Å²) in [6, 6.07) is 0. The lowest BCUT2D eigenvalue weighted by Crippen LogP contribution is -1.98. The summed E-state index contributed by atoms with van der Waals surface area (Å²) in [6.07, 6.45) is 3.93. The van der Waals surface area contributed by atoms with E-state index in [1.807, 2.05) is 0 Å². The van der Waals surface area contributed by atoms with Gasteiger partial charge < -0.3 is 14.5 Å². The van der Waals surface area contributed by atoms with Crippen molar-refractivity contribution in [2.45, 2.75) is 0 Å². The monoisotopic (exact) mass is 179 g/mol. The standard InChI is InChI=1S/C7H5N3O3/c11-7(12)6-5(9-2-10-6)4-1-8-3-13-4/h1-3H,(H,9,10)(H,11,12). The molecule has 13 heavy (non-hydrogen) atoms. The van der Waals surface area contributed by atoms with E-state index in [2.05, 4.69) is 15.0 Å². The van der Waals surface area contributed by atoms with E-state index in [-0.39, 0.29) is 5.69 Å². The molecule has 0 aliphatic carbocycles. The lowest BCUT2D eigenvalue weighted by atomic mass is 10.3. The Morgan fingerprint density at radius 3 is 3.08 bits per heavy atom.